The van der Waals surface area contributed by atoms with Gasteiger partial charge in [0.25, 0.3) is 5.91 Å². The second kappa shape index (κ2) is 5.03. The maximum Gasteiger partial charge on any atom is 0.252 e. The van der Waals surface area contributed by atoms with Crippen LogP contribution in [-0.4, -0.2) is 19.1 Å². The minimum atomic E-state index is -0.169. The van der Waals surface area contributed by atoms with Gasteiger partial charge in [0.1, 0.15) is 5.75 Å². The van der Waals surface area contributed by atoms with Gasteiger partial charge in [-0.2, -0.15) is 0 Å². The summed E-state index contributed by atoms with van der Waals surface area (Å²) in [5.74, 6) is 0.471. The third-order valence-corrected chi connectivity index (χ3v) is 2.15. The molecule has 0 aliphatic heterocycles. The lowest BCUT2D eigenvalue weighted by molar-refractivity contribution is 0.0943. The standard InChI is InChI=1S/C11H14ClNO2/c1-7(2)13-11(14)9-5-4-8(15-3)6-10(9)12/h4-7H,1-3H3,(H,13,14). The fraction of sp³-hybridized carbons (Fsp3) is 0.364. The summed E-state index contributed by atoms with van der Waals surface area (Å²) in [4.78, 5) is 11.6. The van der Waals surface area contributed by atoms with Crippen molar-refractivity contribution in [2.75, 3.05) is 7.11 Å². The van der Waals surface area contributed by atoms with Gasteiger partial charge in [0.05, 0.1) is 17.7 Å². The van der Waals surface area contributed by atoms with Crippen LogP contribution in [0.25, 0.3) is 0 Å². The predicted octanol–water partition coefficient (Wildman–Crippen LogP) is 2.49. The van der Waals surface area contributed by atoms with Crippen LogP contribution < -0.4 is 10.1 Å². The van der Waals surface area contributed by atoms with Crippen molar-refractivity contribution in [2.24, 2.45) is 0 Å². The van der Waals surface area contributed by atoms with Gasteiger partial charge in [-0.25, -0.2) is 0 Å². The molecule has 0 saturated heterocycles. The maximum absolute atomic E-state index is 11.6. The van der Waals surface area contributed by atoms with Crippen molar-refractivity contribution >= 4 is 17.5 Å². The van der Waals surface area contributed by atoms with Crippen molar-refractivity contribution in [2.45, 2.75) is 19.9 Å². The van der Waals surface area contributed by atoms with Crippen LogP contribution >= 0.6 is 11.6 Å². The third-order valence-electron chi connectivity index (χ3n) is 1.84. The first-order valence-electron chi connectivity index (χ1n) is 4.69. The number of carbonyl (C=O) groups is 1. The first-order valence-corrected chi connectivity index (χ1v) is 5.06. The van der Waals surface area contributed by atoms with E-state index in [4.69, 9.17) is 16.3 Å². The number of hydrogen-bond acceptors (Lipinski definition) is 2. The van der Waals surface area contributed by atoms with Gasteiger partial charge >= 0.3 is 0 Å². The molecule has 15 heavy (non-hydrogen) atoms. The van der Waals surface area contributed by atoms with E-state index in [1.54, 1.807) is 25.3 Å². The number of amides is 1. The molecule has 0 heterocycles. The molecule has 0 bridgehead atoms. The highest BCUT2D eigenvalue weighted by Gasteiger charge is 2.11. The molecule has 1 amide bonds. The largest absolute Gasteiger partial charge is 0.497 e. The van der Waals surface area contributed by atoms with Crippen LogP contribution in [0.4, 0.5) is 0 Å². The minimum absolute atomic E-state index is 0.0932. The highest BCUT2D eigenvalue weighted by Crippen LogP contribution is 2.22. The Morgan fingerprint density at radius 1 is 1.47 bits per heavy atom. The van der Waals surface area contributed by atoms with E-state index in [1.807, 2.05) is 13.8 Å². The summed E-state index contributed by atoms with van der Waals surface area (Å²) < 4.78 is 4.99. The Bertz CT molecular complexity index is 364. The lowest BCUT2D eigenvalue weighted by atomic mass is 10.2. The molecule has 1 aromatic rings. The molecular formula is C11H14ClNO2. The van der Waals surface area contributed by atoms with E-state index in [0.717, 1.165) is 0 Å². The van der Waals surface area contributed by atoms with Crippen LogP contribution in [0.3, 0.4) is 0 Å². The number of hydrogen-bond donors (Lipinski definition) is 1. The van der Waals surface area contributed by atoms with Crippen molar-refractivity contribution in [3.63, 3.8) is 0 Å². The normalized spacial score (nSPS) is 10.2. The molecule has 0 aliphatic rings. The Labute approximate surface area is 94.4 Å². The molecule has 0 saturated carbocycles. The number of halogens is 1. The molecule has 0 unspecified atom stereocenters. The lowest BCUT2D eigenvalue weighted by Gasteiger charge is -2.10. The maximum atomic E-state index is 11.6. The van der Waals surface area contributed by atoms with Crippen molar-refractivity contribution in [1.82, 2.24) is 5.32 Å². The van der Waals surface area contributed by atoms with Crippen LogP contribution in [0.15, 0.2) is 18.2 Å². The smallest absolute Gasteiger partial charge is 0.252 e. The number of methoxy groups -OCH3 is 1. The van der Waals surface area contributed by atoms with Gasteiger partial charge in [0, 0.05) is 6.04 Å². The summed E-state index contributed by atoms with van der Waals surface area (Å²) >= 11 is 5.95. The van der Waals surface area contributed by atoms with Gasteiger partial charge in [-0.05, 0) is 32.0 Å². The molecular weight excluding hydrogens is 214 g/mol. The summed E-state index contributed by atoms with van der Waals surface area (Å²) in [6.07, 6.45) is 0. The molecule has 0 aromatic heterocycles. The van der Waals surface area contributed by atoms with Crippen molar-refractivity contribution < 1.29 is 9.53 Å². The number of carbonyl (C=O) groups excluding carboxylic acids is 1. The Morgan fingerprint density at radius 2 is 2.13 bits per heavy atom. The van der Waals surface area contributed by atoms with E-state index >= 15 is 0 Å². The third kappa shape index (κ3) is 3.13. The van der Waals surface area contributed by atoms with Gasteiger partial charge < -0.3 is 10.1 Å². The zero-order valence-electron chi connectivity index (χ0n) is 9.00. The molecule has 3 nitrogen and oxygen atoms in total. The lowest BCUT2D eigenvalue weighted by Crippen LogP contribution is -2.30. The van der Waals surface area contributed by atoms with E-state index in [9.17, 15) is 4.79 Å². The van der Waals surface area contributed by atoms with Crippen LogP contribution in [-0.2, 0) is 0 Å². The Kier molecular flexibility index (Phi) is 3.97. The molecule has 4 heteroatoms. The second-order valence-electron chi connectivity index (χ2n) is 3.47. The van der Waals surface area contributed by atoms with Crippen LogP contribution in [0.5, 0.6) is 5.75 Å². The molecule has 1 aromatic carbocycles. The van der Waals surface area contributed by atoms with E-state index in [-0.39, 0.29) is 11.9 Å². The fourth-order valence-electron chi connectivity index (χ4n) is 1.15. The molecule has 0 spiro atoms. The van der Waals surface area contributed by atoms with Crippen molar-refractivity contribution in [1.29, 1.82) is 0 Å². The van der Waals surface area contributed by atoms with Crippen molar-refractivity contribution in [3.8, 4) is 5.75 Å². The van der Waals surface area contributed by atoms with Gasteiger partial charge in [-0.1, -0.05) is 11.6 Å². The van der Waals surface area contributed by atoms with Crippen LogP contribution in [0.2, 0.25) is 5.02 Å². The van der Waals surface area contributed by atoms with E-state index in [0.29, 0.717) is 16.3 Å². The number of rotatable bonds is 3. The second-order valence-corrected chi connectivity index (χ2v) is 3.88. The molecule has 82 valence electrons. The minimum Gasteiger partial charge on any atom is -0.497 e. The molecule has 0 radical (unpaired) electrons. The average molecular weight is 228 g/mol. The van der Waals surface area contributed by atoms with Gasteiger partial charge in [-0.3, -0.25) is 4.79 Å². The number of ether oxygens (including phenoxy) is 1. The fourth-order valence-corrected chi connectivity index (χ4v) is 1.40. The quantitative estimate of drug-likeness (QED) is 0.862. The molecule has 0 fully saturated rings. The van der Waals surface area contributed by atoms with Crippen LogP contribution in [0, 0.1) is 0 Å². The Hall–Kier alpha value is -1.22. The predicted molar refractivity (Wildman–Crippen MR) is 60.6 cm³/mol. The molecule has 0 aliphatic carbocycles. The zero-order chi connectivity index (χ0) is 11.4. The zero-order valence-corrected chi connectivity index (χ0v) is 9.76. The molecule has 1 rings (SSSR count). The SMILES string of the molecule is COc1ccc(C(=O)NC(C)C)c(Cl)c1. The molecule has 0 atom stereocenters. The highest BCUT2D eigenvalue weighted by molar-refractivity contribution is 6.34. The summed E-state index contributed by atoms with van der Waals surface area (Å²) in [6, 6.07) is 5.08. The first-order chi connectivity index (χ1) is 7.04. The van der Waals surface area contributed by atoms with Crippen molar-refractivity contribution in [3.05, 3.63) is 28.8 Å². The van der Waals surface area contributed by atoms with Gasteiger partial charge in [0.2, 0.25) is 0 Å². The van der Waals surface area contributed by atoms with Gasteiger partial charge in [0.15, 0.2) is 0 Å². The average Bonchev–Trinajstić information content (AvgIpc) is 2.16. The summed E-state index contributed by atoms with van der Waals surface area (Å²) in [6.45, 7) is 3.80. The van der Waals surface area contributed by atoms with Gasteiger partial charge in [-0.15, -0.1) is 0 Å². The first kappa shape index (κ1) is 11.9. The number of nitrogens with one attached hydrogen (secondary N) is 1. The van der Waals surface area contributed by atoms with E-state index in [1.165, 1.54) is 0 Å². The Balaban J connectivity index is 2.90. The number of benzene rings is 1. The highest BCUT2D eigenvalue weighted by atomic mass is 35.5. The van der Waals surface area contributed by atoms with Crippen LogP contribution in [0.1, 0.15) is 24.2 Å². The Morgan fingerprint density at radius 3 is 2.60 bits per heavy atom. The monoisotopic (exact) mass is 227 g/mol. The summed E-state index contributed by atoms with van der Waals surface area (Å²) in [5, 5.41) is 3.17. The van der Waals surface area contributed by atoms with E-state index in [2.05, 4.69) is 5.32 Å². The van der Waals surface area contributed by atoms with E-state index < -0.39 is 0 Å². The molecule has 1 N–H and O–H groups in total. The topological polar surface area (TPSA) is 38.3 Å². The summed E-state index contributed by atoms with van der Waals surface area (Å²) in [7, 11) is 1.56. The summed E-state index contributed by atoms with van der Waals surface area (Å²) in [5.41, 5.74) is 0.464.